The van der Waals surface area contributed by atoms with Crippen LogP contribution in [0, 0.1) is 10.1 Å². The van der Waals surface area contributed by atoms with Crippen molar-refractivity contribution in [1.29, 1.82) is 0 Å². The lowest BCUT2D eigenvalue weighted by Gasteiger charge is -2.23. The van der Waals surface area contributed by atoms with E-state index in [2.05, 4.69) is 10.4 Å². The third kappa shape index (κ3) is 4.28. The predicted molar refractivity (Wildman–Crippen MR) is 89.9 cm³/mol. The van der Waals surface area contributed by atoms with Gasteiger partial charge in [-0.1, -0.05) is 12.1 Å². The highest BCUT2D eigenvalue weighted by Crippen LogP contribution is 2.21. The number of nitrogens with zero attached hydrogens (tertiary/aromatic N) is 3. The Balaban J connectivity index is 2.11. The number of hydrogen-bond donors (Lipinski definition) is 2. The topological polar surface area (TPSA) is 127 Å². The molecule has 0 saturated carbocycles. The largest absolute Gasteiger partial charge is 0.478 e. The number of hydrogen-bond acceptors (Lipinski definition) is 5. The van der Waals surface area contributed by atoms with E-state index < -0.39 is 22.3 Å². The van der Waals surface area contributed by atoms with Crippen LogP contribution in [0.25, 0.3) is 6.08 Å². The molecule has 1 heterocycles. The number of carboxylic acid groups (broad SMARTS) is 1. The van der Waals surface area contributed by atoms with Gasteiger partial charge in [0.05, 0.1) is 4.92 Å². The minimum absolute atomic E-state index is 0.199. The number of carboxylic acids is 1. The van der Waals surface area contributed by atoms with Crippen LogP contribution in [-0.2, 0) is 15.1 Å². The van der Waals surface area contributed by atoms with Crippen molar-refractivity contribution in [3.8, 4) is 0 Å². The van der Waals surface area contributed by atoms with E-state index in [1.165, 1.54) is 17.0 Å². The SMILES string of the molecule is CC(C)(C(=O)Nc1ccc(/C=C/C(=O)O)cc1)n1cc([N+](=O)[O-])cn1. The maximum atomic E-state index is 12.5. The highest BCUT2D eigenvalue weighted by molar-refractivity contribution is 5.96. The minimum atomic E-state index is -1.14. The molecule has 1 aromatic carbocycles. The maximum Gasteiger partial charge on any atom is 0.328 e. The summed E-state index contributed by atoms with van der Waals surface area (Å²) in [5.41, 5.74) is -0.166. The molecule has 2 N–H and O–H groups in total. The van der Waals surface area contributed by atoms with Crippen LogP contribution in [0.5, 0.6) is 0 Å². The zero-order chi connectivity index (χ0) is 18.6. The van der Waals surface area contributed by atoms with Crippen LogP contribution in [0.4, 0.5) is 11.4 Å². The number of carbonyl (C=O) groups is 2. The summed E-state index contributed by atoms with van der Waals surface area (Å²) in [7, 11) is 0. The molecule has 0 aliphatic rings. The van der Waals surface area contributed by atoms with Gasteiger partial charge in [0.1, 0.15) is 17.9 Å². The molecule has 1 aromatic heterocycles. The fraction of sp³-hybridized carbons (Fsp3) is 0.188. The molecule has 0 aliphatic carbocycles. The first-order valence-corrected chi connectivity index (χ1v) is 7.22. The normalized spacial score (nSPS) is 11.4. The molecule has 0 radical (unpaired) electrons. The van der Waals surface area contributed by atoms with Crippen molar-refractivity contribution >= 4 is 29.3 Å². The zero-order valence-electron chi connectivity index (χ0n) is 13.5. The van der Waals surface area contributed by atoms with E-state index in [0.717, 1.165) is 12.3 Å². The summed E-state index contributed by atoms with van der Waals surface area (Å²) in [6.07, 6.45) is 4.72. The number of benzene rings is 1. The first-order valence-electron chi connectivity index (χ1n) is 7.22. The van der Waals surface area contributed by atoms with E-state index >= 15 is 0 Å². The molecule has 9 heteroatoms. The van der Waals surface area contributed by atoms with Gasteiger partial charge in [-0.05, 0) is 37.6 Å². The number of rotatable bonds is 6. The van der Waals surface area contributed by atoms with Gasteiger partial charge in [0.15, 0.2) is 0 Å². The third-order valence-electron chi connectivity index (χ3n) is 3.50. The van der Waals surface area contributed by atoms with Crippen LogP contribution < -0.4 is 5.32 Å². The molecule has 0 saturated heterocycles. The smallest absolute Gasteiger partial charge is 0.328 e. The Bertz CT molecular complexity index is 836. The highest BCUT2D eigenvalue weighted by Gasteiger charge is 2.32. The minimum Gasteiger partial charge on any atom is -0.478 e. The number of aromatic nitrogens is 2. The van der Waals surface area contributed by atoms with Crippen molar-refractivity contribution in [2.75, 3.05) is 5.32 Å². The summed E-state index contributed by atoms with van der Waals surface area (Å²) >= 11 is 0. The molecule has 25 heavy (non-hydrogen) atoms. The number of aliphatic carboxylic acids is 1. The Hall–Kier alpha value is -3.49. The Morgan fingerprint density at radius 1 is 1.32 bits per heavy atom. The standard InChI is InChI=1S/C16H16N4O5/c1-16(2,19-10-13(9-17-19)20(24)25)15(23)18-12-6-3-11(4-7-12)5-8-14(21)22/h3-10H,1-2H3,(H,18,23)(H,21,22)/b8-5+. The molecular weight excluding hydrogens is 328 g/mol. The predicted octanol–water partition coefficient (Wildman–Crippen LogP) is 2.26. The summed E-state index contributed by atoms with van der Waals surface area (Å²) in [5, 5.41) is 25.9. The van der Waals surface area contributed by atoms with Crippen LogP contribution in [0.1, 0.15) is 19.4 Å². The summed E-state index contributed by atoms with van der Waals surface area (Å²) in [6.45, 7) is 3.17. The number of nitrogens with one attached hydrogen (secondary N) is 1. The van der Waals surface area contributed by atoms with Crippen LogP contribution >= 0.6 is 0 Å². The lowest BCUT2D eigenvalue weighted by molar-refractivity contribution is -0.385. The molecule has 1 amide bonds. The van der Waals surface area contributed by atoms with Gasteiger partial charge in [-0.3, -0.25) is 19.6 Å². The lowest BCUT2D eigenvalue weighted by Crippen LogP contribution is -2.40. The van der Waals surface area contributed by atoms with E-state index in [4.69, 9.17) is 5.11 Å². The number of carbonyl (C=O) groups excluding carboxylic acids is 1. The van der Waals surface area contributed by atoms with Crippen molar-refractivity contribution in [1.82, 2.24) is 9.78 Å². The molecule has 0 bridgehead atoms. The quantitative estimate of drug-likeness (QED) is 0.470. The Kier molecular flexibility index (Phi) is 4.97. The van der Waals surface area contributed by atoms with Crippen LogP contribution in [0.15, 0.2) is 42.7 Å². The van der Waals surface area contributed by atoms with Crippen molar-refractivity contribution in [3.63, 3.8) is 0 Å². The Morgan fingerprint density at radius 3 is 2.48 bits per heavy atom. The van der Waals surface area contributed by atoms with Crippen LogP contribution in [0.3, 0.4) is 0 Å². The average molecular weight is 344 g/mol. The average Bonchev–Trinajstić information content (AvgIpc) is 3.05. The lowest BCUT2D eigenvalue weighted by atomic mass is 10.0. The van der Waals surface area contributed by atoms with Crippen molar-refractivity contribution < 1.29 is 19.6 Å². The summed E-state index contributed by atoms with van der Waals surface area (Å²) in [4.78, 5) is 33.1. The molecule has 0 unspecified atom stereocenters. The fourth-order valence-electron chi connectivity index (χ4n) is 1.95. The van der Waals surface area contributed by atoms with Crippen LogP contribution in [-0.4, -0.2) is 31.7 Å². The molecular formula is C16H16N4O5. The first-order chi connectivity index (χ1) is 11.7. The van der Waals surface area contributed by atoms with E-state index in [1.807, 2.05) is 0 Å². The molecule has 2 rings (SSSR count). The fourth-order valence-corrected chi connectivity index (χ4v) is 1.95. The van der Waals surface area contributed by atoms with Crippen molar-refractivity contribution in [2.45, 2.75) is 19.4 Å². The van der Waals surface area contributed by atoms with Crippen LogP contribution in [0.2, 0.25) is 0 Å². The van der Waals surface area contributed by atoms with Gasteiger partial charge >= 0.3 is 11.7 Å². The summed E-state index contributed by atoms with van der Waals surface area (Å²) < 4.78 is 1.23. The first kappa shape index (κ1) is 17.9. The number of anilines is 1. The van der Waals surface area contributed by atoms with E-state index in [9.17, 15) is 19.7 Å². The summed E-state index contributed by atoms with van der Waals surface area (Å²) in [6, 6.07) is 6.56. The van der Waals surface area contributed by atoms with Gasteiger partial charge in [-0.15, -0.1) is 0 Å². The van der Waals surface area contributed by atoms with Gasteiger partial charge in [0, 0.05) is 11.8 Å². The Labute approximate surface area is 142 Å². The van der Waals surface area contributed by atoms with E-state index in [1.54, 1.807) is 38.1 Å². The number of nitro groups is 1. The monoisotopic (exact) mass is 344 g/mol. The van der Waals surface area contributed by atoms with Crippen molar-refractivity contribution in [2.24, 2.45) is 0 Å². The van der Waals surface area contributed by atoms with Gasteiger partial charge < -0.3 is 10.4 Å². The molecule has 130 valence electrons. The Morgan fingerprint density at radius 2 is 1.96 bits per heavy atom. The maximum absolute atomic E-state index is 12.5. The second-order valence-electron chi connectivity index (χ2n) is 5.71. The third-order valence-corrected chi connectivity index (χ3v) is 3.50. The van der Waals surface area contributed by atoms with E-state index in [0.29, 0.717) is 11.3 Å². The molecule has 0 spiro atoms. The zero-order valence-corrected chi connectivity index (χ0v) is 13.5. The second-order valence-corrected chi connectivity index (χ2v) is 5.71. The second kappa shape index (κ2) is 6.95. The van der Waals surface area contributed by atoms with Crippen molar-refractivity contribution in [3.05, 3.63) is 58.4 Å². The molecule has 9 nitrogen and oxygen atoms in total. The summed E-state index contributed by atoms with van der Waals surface area (Å²) in [5.74, 6) is -1.45. The van der Waals surface area contributed by atoms with Gasteiger partial charge in [-0.25, -0.2) is 4.79 Å². The van der Waals surface area contributed by atoms with E-state index in [-0.39, 0.29) is 5.69 Å². The number of amides is 1. The molecule has 2 aromatic rings. The van der Waals surface area contributed by atoms with Gasteiger partial charge in [-0.2, -0.15) is 5.10 Å². The van der Waals surface area contributed by atoms with Gasteiger partial charge in [0.2, 0.25) is 0 Å². The highest BCUT2D eigenvalue weighted by atomic mass is 16.6. The molecule has 0 atom stereocenters. The van der Waals surface area contributed by atoms with Gasteiger partial charge in [0.25, 0.3) is 5.91 Å². The molecule has 0 aliphatic heterocycles. The molecule has 0 fully saturated rings.